The van der Waals surface area contributed by atoms with E-state index >= 15 is 0 Å². The summed E-state index contributed by atoms with van der Waals surface area (Å²) in [5, 5.41) is 18.1. The van der Waals surface area contributed by atoms with Crippen molar-refractivity contribution < 1.29 is 4.92 Å². The number of likely N-dealkylation sites (tertiary alicyclic amines) is 1. The summed E-state index contributed by atoms with van der Waals surface area (Å²) in [6, 6.07) is 0.564. The van der Waals surface area contributed by atoms with Crippen LogP contribution in [0.5, 0.6) is 0 Å². The van der Waals surface area contributed by atoms with Gasteiger partial charge in [0.05, 0.1) is 4.92 Å². The highest BCUT2D eigenvalue weighted by molar-refractivity contribution is 5.54. The number of hydrogen-bond acceptors (Lipinski definition) is 5. The molecule has 106 valence electrons. The van der Waals surface area contributed by atoms with E-state index < -0.39 is 4.92 Å². The summed E-state index contributed by atoms with van der Waals surface area (Å²) in [6.45, 7) is 7.28. The number of hydrogen-bond donors (Lipinski definition) is 1. The van der Waals surface area contributed by atoms with Crippen molar-refractivity contribution in [1.82, 2.24) is 14.7 Å². The van der Waals surface area contributed by atoms with Crippen molar-refractivity contribution in [2.75, 3.05) is 25.0 Å². The molecular weight excluding hydrogens is 246 g/mol. The highest BCUT2D eigenvalue weighted by atomic mass is 16.6. The number of anilines is 1. The van der Waals surface area contributed by atoms with Crippen LogP contribution in [0.15, 0.2) is 6.20 Å². The molecule has 1 unspecified atom stereocenters. The fraction of sp³-hybridized carbons (Fsp3) is 0.750. The molecule has 1 N–H and O–H groups in total. The molecule has 0 aromatic carbocycles. The van der Waals surface area contributed by atoms with Crippen molar-refractivity contribution in [2.24, 2.45) is 13.0 Å². The highest BCUT2D eigenvalue weighted by Gasteiger charge is 2.25. The average molecular weight is 267 g/mol. The third-order valence-electron chi connectivity index (χ3n) is 3.61. The van der Waals surface area contributed by atoms with E-state index in [9.17, 15) is 10.1 Å². The van der Waals surface area contributed by atoms with Crippen LogP contribution in [0.1, 0.15) is 20.3 Å². The van der Waals surface area contributed by atoms with Crippen LogP contribution in [0.4, 0.5) is 11.5 Å². The third kappa shape index (κ3) is 3.23. The molecule has 0 radical (unpaired) electrons. The normalized spacial score (nSPS) is 20.1. The SMILES string of the molecule is CC(C)N1CCC(CNc2nn(C)cc2[N+](=O)[O-])C1. The van der Waals surface area contributed by atoms with Gasteiger partial charge >= 0.3 is 5.69 Å². The van der Waals surface area contributed by atoms with Crippen molar-refractivity contribution in [1.29, 1.82) is 0 Å². The maximum Gasteiger partial charge on any atom is 0.330 e. The van der Waals surface area contributed by atoms with Crippen molar-refractivity contribution in [3.63, 3.8) is 0 Å². The predicted octanol–water partition coefficient (Wildman–Crippen LogP) is 1.47. The number of nitrogens with zero attached hydrogens (tertiary/aromatic N) is 4. The molecule has 2 rings (SSSR count). The first kappa shape index (κ1) is 13.8. The van der Waals surface area contributed by atoms with Gasteiger partial charge in [0.2, 0.25) is 5.82 Å². The molecule has 0 spiro atoms. The minimum Gasteiger partial charge on any atom is -0.363 e. The molecule has 7 heteroatoms. The molecule has 0 amide bonds. The number of rotatable bonds is 5. The summed E-state index contributed by atoms with van der Waals surface area (Å²) in [6.07, 6.45) is 2.56. The zero-order valence-corrected chi connectivity index (χ0v) is 11.7. The van der Waals surface area contributed by atoms with E-state index in [0.717, 1.165) is 26.1 Å². The Balaban J connectivity index is 1.91. The van der Waals surface area contributed by atoms with E-state index in [1.54, 1.807) is 7.05 Å². The summed E-state index contributed by atoms with van der Waals surface area (Å²) in [4.78, 5) is 12.9. The van der Waals surface area contributed by atoms with E-state index in [1.807, 2.05) is 0 Å². The van der Waals surface area contributed by atoms with E-state index in [-0.39, 0.29) is 5.69 Å². The topological polar surface area (TPSA) is 76.2 Å². The van der Waals surface area contributed by atoms with E-state index in [0.29, 0.717) is 17.8 Å². The Morgan fingerprint density at radius 1 is 1.63 bits per heavy atom. The molecule has 1 fully saturated rings. The first-order chi connectivity index (χ1) is 8.97. The minimum absolute atomic E-state index is 0.0428. The lowest BCUT2D eigenvalue weighted by atomic mass is 10.1. The second-order valence-corrected chi connectivity index (χ2v) is 5.42. The molecule has 1 atom stereocenters. The Labute approximate surface area is 112 Å². The minimum atomic E-state index is -0.398. The van der Waals surface area contributed by atoms with Crippen LogP contribution in [0.2, 0.25) is 0 Å². The molecule has 1 aromatic heterocycles. The van der Waals surface area contributed by atoms with Gasteiger partial charge in [-0.25, -0.2) is 0 Å². The maximum atomic E-state index is 10.9. The van der Waals surface area contributed by atoms with Gasteiger partial charge in [0.1, 0.15) is 6.20 Å². The van der Waals surface area contributed by atoms with E-state index in [2.05, 4.69) is 29.2 Å². The summed E-state index contributed by atoms with van der Waals surface area (Å²) in [5.74, 6) is 0.902. The fourth-order valence-electron chi connectivity index (χ4n) is 2.47. The first-order valence-electron chi connectivity index (χ1n) is 6.63. The highest BCUT2D eigenvalue weighted by Crippen LogP contribution is 2.23. The monoisotopic (exact) mass is 267 g/mol. The quantitative estimate of drug-likeness (QED) is 0.646. The molecular formula is C12H21N5O2. The van der Waals surface area contributed by atoms with Gasteiger partial charge in [0.25, 0.3) is 0 Å². The fourth-order valence-corrected chi connectivity index (χ4v) is 2.47. The standard InChI is InChI=1S/C12H21N5O2/c1-9(2)16-5-4-10(7-16)6-13-12-11(17(18)19)8-15(3)14-12/h8-10H,4-7H2,1-3H3,(H,13,14). The summed E-state index contributed by atoms with van der Waals surface area (Å²) >= 11 is 0. The van der Waals surface area contributed by atoms with Gasteiger partial charge in [-0.1, -0.05) is 0 Å². The number of aryl methyl sites for hydroxylation is 1. The molecule has 19 heavy (non-hydrogen) atoms. The first-order valence-corrected chi connectivity index (χ1v) is 6.63. The second-order valence-electron chi connectivity index (χ2n) is 5.42. The van der Waals surface area contributed by atoms with Crippen LogP contribution in [-0.4, -0.2) is 45.3 Å². The number of nitro groups is 1. The van der Waals surface area contributed by atoms with Crippen LogP contribution in [0, 0.1) is 16.0 Å². The molecule has 2 heterocycles. The van der Waals surface area contributed by atoms with Gasteiger partial charge in [-0.3, -0.25) is 14.8 Å². The molecule has 7 nitrogen and oxygen atoms in total. The maximum absolute atomic E-state index is 10.9. The summed E-state index contributed by atoms with van der Waals surface area (Å²) in [7, 11) is 1.69. The Bertz CT molecular complexity index is 457. The van der Waals surface area contributed by atoms with Gasteiger partial charge in [-0.05, 0) is 32.7 Å². The lowest BCUT2D eigenvalue weighted by molar-refractivity contribution is -0.384. The Morgan fingerprint density at radius 2 is 2.37 bits per heavy atom. The van der Waals surface area contributed by atoms with Crippen LogP contribution in [0.25, 0.3) is 0 Å². The van der Waals surface area contributed by atoms with Crippen LogP contribution in [-0.2, 0) is 7.05 Å². The lowest BCUT2D eigenvalue weighted by Crippen LogP contribution is -2.29. The van der Waals surface area contributed by atoms with Crippen LogP contribution >= 0.6 is 0 Å². The summed E-state index contributed by atoms with van der Waals surface area (Å²) in [5.41, 5.74) is 0.0428. The van der Waals surface area contributed by atoms with E-state index in [4.69, 9.17) is 0 Å². The van der Waals surface area contributed by atoms with Gasteiger partial charge in [0, 0.05) is 26.2 Å². The number of aromatic nitrogens is 2. The molecule has 1 aliphatic rings. The molecule has 1 saturated heterocycles. The zero-order chi connectivity index (χ0) is 14.0. The number of nitrogens with one attached hydrogen (secondary N) is 1. The second kappa shape index (κ2) is 5.56. The Hall–Kier alpha value is -1.63. The Morgan fingerprint density at radius 3 is 2.95 bits per heavy atom. The molecule has 0 saturated carbocycles. The van der Waals surface area contributed by atoms with Crippen molar-refractivity contribution in [2.45, 2.75) is 26.3 Å². The zero-order valence-electron chi connectivity index (χ0n) is 11.7. The third-order valence-corrected chi connectivity index (χ3v) is 3.61. The smallest absolute Gasteiger partial charge is 0.330 e. The van der Waals surface area contributed by atoms with Gasteiger partial charge < -0.3 is 10.2 Å². The molecule has 1 aliphatic heterocycles. The van der Waals surface area contributed by atoms with Crippen LogP contribution < -0.4 is 5.32 Å². The molecule has 0 aliphatic carbocycles. The lowest BCUT2D eigenvalue weighted by Gasteiger charge is -2.20. The van der Waals surface area contributed by atoms with Crippen molar-refractivity contribution in [3.05, 3.63) is 16.3 Å². The van der Waals surface area contributed by atoms with Crippen molar-refractivity contribution in [3.8, 4) is 0 Å². The average Bonchev–Trinajstić information content (AvgIpc) is 2.92. The van der Waals surface area contributed by atoms with Gasteiger partial charge in [0.15, 0.2) is 0 Å². The Kier molecular flexibility index (Phi) is 4.04. The summed E-state index contributed by atoms with van der Waals surface area (Å²) < 4.78 is 1.47. The van der Waals surface area contributed by atoms with Gasteiger partial charge in [-0.15, -0.1) is 5.10 Å². The molecule has 1 aromatic rings. The largest absolute Gasteiger partial charge is 0.363 e. The molecule has 0 bridgehead atoms. The van der Waals surface area contributed by atoms with Crippen LogP contribution in [0.3, 0.4) is 0 Å². The van der Waals surface area contributed by atoms with Crippen molar-refractivity contribution >= 4 is 11.5 Å². The predicted molar refractivity (Wildman–Crippen MR) is 73.2 cm³/mol. The van der Waals surface area contributed by atoms with E-state index in [1.165, 1.54) is 10.9 Å². The van der Waals surface area contributed by atoms with Gasteiger partial charge in [-0.2, -0.15) is 0 Å².